The molecule has 0 saturated carbocycles. The summed E-state index contributed by atoms with van der Waals surface area (Å²) in [5.74, 6) is 0. The molecule has 2 atom stereocenters. The van der Waals surface area contributed by atoms with Gasteiger partial charge < -0.3 is 15.0 Å². The normalized spacial score (nSPS) is 30.5. The Morgan fingerprint density at radius 2 is 2.27 bits per heavy atom. The fourth-order valence-electron chi connectivity index (χ4n) is 2.23. The van der Waals surface area contributed by atoms with Crippen LogP contribution in [0.3, 0.4) is 0 Å². The molecule has 4 nitrogen and oxygen atoms in total. The van der Waals surface area contributed by atoms with Gasteiger partial charge in [-0.1, -0.05) is 0 Å². The maximum Gasteiger partial charge on any atom is 0.410 e. The summed E-state index contributed by atoms with van der Waals surface area (Å²) in [4.78, 5) is 13.7. The molecule has 2 heterocycles. The number of hydrogen-bond acceptors (Lipinski definition) is 3. The van der Waals surface area contributed by atoms with E-state index >= 15 is 0 Å². The van der Waals surface area contributed by atoms with E-state index in [1.165, 1.54) is 0 Å². The molecule has 0 aromatic carbocycles. The molecule has 2 aliphatic heterocycles. The summed E-state index contributed by atoms with van der Waals surface area (Å²) in [6, 6.07) is 0.748. The Labute approximate surface area is 91.0 Å². The highest BCUT2D eigenvalue weighted by Crippen LogP contribution is 2.27. The molecule has 2 saturated heterocycles. The fraction of sp³-hybridized carbons (Fsp3) is 0.818. The van der Waals surface area contributed by atoms with E-state index in [2.05, 4.69) is 5.32 Å². The number of likely N-dealkylation sites (tertiary alicyclic amines) is 1. The van der Waals surface area contributed by atoms with Crippen molar-refractivity contribution in [2.24, 2.45) is 0 Å². The standard InChI is InChI=1S/C11H19N2O2/c1-11(2,3)15-10(14)13-7-5-8-9(13)4-6-12-8/h6,8-9,12H,4-5,7H2,1-3H3. The zero-order chi connectivity index (χ0) is 11.1. The first-order chi connectivity index (χ1) is 6.97. The monoisotopic (exact) mass is 211 g/mol. The number of carbonyl (C=O) groups is 1. The van der Waals surface area contributed by atoms with E-state index in [1.807, 2.05) is 32.2 Å². The van der Waals surface area contributed by atoms with Crippen molar-refractivity contribution in [3.05, 3.63) is 6.54 Å². The van der Waals surface area contributed by atoms with Crippen LogP contribution in [0.2, 0.25) is 0 Å². The summed E-state index contributed by atoms with van der Waals surface area (Å²) in [7, 11) is 0. The Bertz CT molecular complexity index is 260. The smallest absolute Gasteiger partial charge is 0.410 e. The summed E-state index contributed by atoms with van der Waals surface area (Å²) < 4.78 is 5.38. The van der Waals surface area contributed by atoms with Crippen LogP contribution >= 0.6 is 0 Å². The number of ether oxygens (including phenoxy) is 1. The third-order valence-electron chi connectivity index (χ3n) is 2.87. The van der Waals surface area contributed by atoms with Crippen molar-refractivity contribution in [3.8, 4) is 0 Å². The zero-order valence-corrected chi connectivity index (χ0v) is 9.62. The first kappa shape index (κ1) is 10.7. The summed E-state index contributed by atoms with van der Waals surface area (Å²) in [6.07, 6.45) is 1.79. The van der Waals surface area contributed by atoms with Crippen LogP contribution in [0.4, 0.5) is 4.79 Å². The van der Waals surface area contributed by atoms with E-state index in [4.69, 9.17) is 4.74 Å². The van der Waals surface area contributed by atoms with Crippen molar-refractivity contribution >= 4 is 6.09 Å². The minimum Gasteiger partial charge on any atom is -0.444 e. The van der Waals surface area contributed by atoms with Crippen LogP contribution in [0.5, 0.6) is 0 Å². The van der Waals surface area contributed by atoms with Gasteiger partial charge in [0.25, 0.3) is 0 Å². The molecular weight excluding hydrogens is 192 g/mol. The molecule has 0 aromatic heterocycles. The SMILES string of the molecule is CC(C)(C)OC(=O)N1CCC2N[CH]CC21. The van der Waals surface area contributed by atoms with Gasteiger partial charge in [-0.25, -0.2) is 4.79 Å². The summed E-state index contributed by atoms with van der Waals surface area (Å²) >= 11 is 0. The number of rotatable bonds is 0. The van der Waals surface area contributed by atoms with Crippen LogP contribution in [-0.4, -0.2) is 35.2 Å². The van der Waals surface area contributed by atoms with Gasteiger partial charge in [-0.05, 0) is 33.6 Å². The van der Waals surface area contributed by atoms with Gasteiger partial charge in [0.05, 0.1) is 6.04 Å². The molecule has 0 aromatic rings. The highest BCUT2D eigenvalue weighted by molar-refractivity contribution is 5.69. The van der Waals surface area contributed by atoms with Crippen LogP contribution in [0, 0.1) is 6.54 Å². The number of nitrogens with zero attached hydrogens (tertiary/aromatic N) is 1. The van der Waals surface area contributed by atoms with E-state index in [0.717, 1.165) is 19.4 Å². The number of carbonyl (C=O) groups excluding carboxylic acids is 1. The molecule has 15 heavy (non-hydrogen) atoms. The lowest BCUT2D eigenvalue weighted by Gasteiger charge is -2.27. The maximum absolute atomic E-state index is 11.9. The van der Waals surface area contributed by atoms with Crippen molar-refractivity contribution in [1.82, 2.24) is 10.2 Å². The number of amides is 1. The molecule has 2 rings (SSSR count). The van der Waals surface area contributed by atoms with Gasteiger partial charge in [0.2, 0.25) is 0 Å². The van der Waals surface area contributed by atoms with Crippen molar-refractivity contribution < 1.29 is 9.53 Å². The molecule has 0 spiro atoms. The van der Waals surface area contributed by atoms with Gasteiger partial charge in [-0.3, -0.25) is 0 Å². The van der Waals surface area contributed by atoms with Crippen LogP contribution in [0.1, 0.15) is 33.6 Å². The second-order valence-electron chi connectivity index (χ2n) is 5.24. The molecule has 1 N–H and O–H groups in total. The molecule has 1 radical (unpaired) electrons. The molecular formula is C11H19N2O2. The van der Waals surface area contributed by atoms with E-state index in [-0.39, 0.29) is 6.09 Å². The Balaban J connectivity index is 1.96. The maximum atomic E-state index is 11.9. The number of nitrogens with one attached hydrogen (secondary N) is 1. The third-order valence-corrected chi connectivity index (χ3v) is 2.87. The largest absolute Gasteiger partial charge is 0.444 e. The number of hydrogen-bond donors (Lipinski definition) is 1. The van der Waals surface area contributed by atoms with E-state index < -0.39 is 5.60 Å². The Hall–Kier alpha value is -0.770. The lowest BCUT2D eigenvalue weighted by molar-refractivity contribution is 0.0228. The van der Waals surface area contributed by atoms with E-state index in [1.54, 1.807) is 0 Å². The predicted octanol–water partition coefficient (Wildman–Crippen LogP) is 1.52. The molecule has 0 bridgehead atoms. The topological polar surface area (TPSA) is 41.6 Å². The minimum absolute atomic E-state index is 0.174. The average molecular weight is 211 g/mol. The molecule has 1 amide bonds. The second kappa shape index (κ2) is 3.67. The highest BCUT2D eigenvalue weighted by atomic mass is 16.6. The molecule has 0 aliphatic carbocycles. The van der Waals surface area contributed by atoms with Gasteiger partial charge in [0, 0.05) is 19.1 Å². The van der Waals surface area contributed by atoms with Gasteiger partial charge in [-0.15, -0.1) is 0 Å². The van der Waals surface area contributed by atoms with Crippen LogP contribution in [0.15, 0.2) is 0 Å². The minimum atomic E-state index is -0.398. The lowest BCUT2D eigenvalue weighted by Crippen LogP contribution is -2.41. The highest BCUT2D eigenvalue weighted by Gasteiger charge is 2.41. The summed E-state index contributed by atoms with van der Waals surface area (Å²) in [5.41, 5.74) is -0.398. The van der Waals surface area contributed by atoms with Crippen molar-refractivity contribution in [1.29, 1.82) is 0 Å². The zero-order valence-electron chi connectivity index (χ0n) is 9.62. The van der Waals surface area contributed by atoms with E-state index in [9.17, 15) is 4.79 Å². The third kappa shape index (κ3) is 2.25. The summed E-state index contributed by atoms with van der Waals surface area (Å²) in [6.45, 7) is 8.56. The average Bonchev–Trinajstić information content (AvgIpc) is 2.57. The first-order valence-electron chi connectivity index (χ1n) is 5.55. The predicted molar refractivity (Wildman–Crippen MR) is 57.2 cm³/mol. The number of fused-ring (bicyclic) bond motifs is 1. The van der Waals surface area contributed by atoms with Crippen molar-refractivity contribution in [3.63, 3.8) is 0 Å². The summed E-state index contributed by atoms with van der Waals surface area (Å²) in [5, 5.41) is 3.29. The molecule has 2 fully saturated rings. The van der Waals surface area contributed by atoms with Crippen molar-refractivity contribution in [2.75, 3.05) is 6.54 Å². The van der Waals surface area contributed by atoms with E-state index in [0.29, 0.717) is 12.1 Å². The fourth-order valence-corrected chi connectivity index (χ4v) is 2.23. The molecule has 2 unspecified atom stereocenters. The second-order valence-corrected chi connectivity index (χ2v) is 5.24. The van der Waals surface area contributed by atoms with Gasteiger partial charge in [0.15, 0.2) is 0 Å². The van der Waals surface area contributed by atoms with Gasteiger partial charge in [0.1, 0.15) is 5.60 Å². The van der Waals surface area contributed by atoms with Gasteiger partial charge in [-0.2, -0.15) is 0 Å². The Morgan fingerprint density at radius 3 is 2.93 bits per heavy atom. The Morgan fingerprint density at radius 1 is 1.53 bits per heavy atom. The van der Waals surface area contributed by atoms with Crippen LogP contribution in [0.25, 0.3) is 0 Å². The Kier molecular flexibility index (Phi) is 2.63. The quantitative estimate of drug-likeness (QED) is 0.660. The molecule has 4 heteroatoms. The van der Waals surface area contributed by atoms with Crippen LogP contribution < -0.4 is 5.32 Å². The van der Waals surface area contributed by atoms with Crippen LogP contribution in [-0.2, 0) is 4.74 Å². The van der Waals surface area contributed by atoms with Gasteiger partial charge >= 0.3 is 6.09 Å². The lowest BCUT2D eigenvalue weighted by atomic mass is 10.1. The van der Waals surface area contributed by atoms with Crippen molar-refractivity contribution in [2.45, 2.75) is 51.3 Å². The first-order valence-corrected chi connectivity index (χ1v) is 5.55. The molecule has 85 valence electrons. The molecule has 2 aliphatic rings.